The fraction of sp³-hybridized carbons (Fsp3) is 0.167. The first kappa shape index (κ1) is 39.2. The maximum atomic E-state index is 2.42. The highest BCUT2D eigenvalue weighted by molar-refractivity contribution is 5.89. The molecule has 304 valence electrons. The molecular formula is C60H54N2. The highest BCUT2D eigenvalue weighted by Crippen LogP contribution is 2.53. The standard InChI is InChI=1S/C60H54N2/c1-39-15-23-45(24-16-39)61(47-13-9-11-41(3)33-47)49-27-31-53-51-29-21-43(35-55(51)59(5,6)57(53)37-49)19-20-44-22-30-52-54-32-28-50(38-58(54)60(7,8)56(52)36-44)62(46-25-17-40(2)18-26-46)48-14-10-12-42(4)34-48/h9-38H,1-8H3/b20-19+. The van der Waals surface area contributed by atoms with Crippen molar-refractivity contribution < 1.29 is 0 Å². The molecule has 2 aliphatic rings. The first-order valence-corrected chi connectivity index (χ1v) is 22.0. The Morgan fingerprint density at radius 1 is 0.306 bits per heavy atom. The Bertz CT molecular complexity index is 2840. The molecule has 0 unspecified atom stereocenters. The van der Waals surface area contributed by atoms with Gasteiger partial charge in [-0.15, -0.1) is 0 Å². The molecule has 0 atom stereocenters. The summed E-state index contributed by atoms with van der Waals surface area (Å²) in [5, 5.41) is 0. The third-order valence-corrected chi connectivity index (χ3v) is 13.5. The van der Waals surface area contributed by atoms with Crippen molar-refractivity contribution in [3.05, 3.63) is 225 Å². The van der Waals surface area contributed by atoms with Crippen molar-refractivity contribution >= 4 is 46.3 Å². The van der Waals surface area contributed by atoms with Gasteiger partial charge < -0.3 is 9.80 Å². The molecule has 0 bridgehead atoms. The quantitative estimate of drug-likeness (QED) is 0.141. The van der Waals surface area contributed by atoms with Gasteiger partial charge in [0.05, 0.1) is 0 Å². The monoisotopic (exact) mass is 802 g/mol. The zero-order valence-corrected chi connectivity index (χ0v) is 37.2. The molecule has 2 heteroatoms. The highest BCUT2D eigenvalue weighted by Gasteiger charge is 2.37. The van der Waals surface area contributed by atoms with Crippen LogP contribution in [0.2, 0.25) is 0 Å². The van der Waals surface area contributed by atoms with E-state index in [1.54, 1.807) is 0 Å². The van der Waals surface area contributed by atoms with Crippen molar-refractivity contribution in [3.8, 4) is 22.3 Å². The van der Waals surface area contributed by atoms with Gasteiger partial charge in [-0.25, -0.2) is 0 Å². The largest absolute Gasteiger partial charge is 0.310 e. The zero-order valence-electron chi connectivity index (χ0n) is 37.2. The summed E-state index contributed by atoms with van der Waals surface area (Å²) in [7, 11) is 0. The van der Waals surface area contributed by atoms with Crippen LogP contribution in [0.15, 0.2) is 170 Å². The molecule has 2 nitrogen and oxygen atoms in total. The summed E-state index contributed by atoms with van der Waals surface area (Å²) in [5.41, 5.74) is 24.9. The van der Waals surface area contributed by atoms with Gasteiger partial charge in [0.2, 0.25) is 0 Å². The Morgan fingerprint density at radius 2 is 0.629 bits per heavy atom. The molecule has 0 saturated carbocycles. The molecular weight excluding hydrogens is 749 g/mol. The lowest BCUT2D eigenvalue weighted by Gasteiger charge is -2.28. The van der Waals surface area contributed by atoms with E-state index >= 15 is 0 Å². The average Bonchev–Trinajstić information content (AvgIpc) is 3.62. The van der Waals surface area contributed by atoms with Crippen molar-refractivity contribution in [2.45, 2.75) is 66.2 Å². The molecule has 62 heavy (non-hydrogen) atoms. The summed E-state index contributed by atoms with van der Waals surface area (Å²) in [5.74, 6) is 0. The van der Waals surface area contributed by atoms with Gasteiger partial charge in [0.1, 0.15) is 0 Å². The lowest BCUT2D eigenvalue weighted by atomic mass is 9.81. The third kappa shape index (κ3) is 6.75. The summed E-state index contributed by atoms with van der Waals surface area (Å²) in [6, 6.07) is 63.5. The van der Waals surface area contributed by atoms with Crippen molar-refractivity contribution in [3.63, 3.8) is 0 Å². The van der Waals surface area contributed by atoms with E-state index in [2.05, 4.69) is 247 Å². The molecule has 0 amide bonds. The van der Waals surface area contributed by atoms with Crippen LogP contribution >= 0.6 is 0 Å². The van der Waals surface area contributed by atoms with Crippen molar-refractivity contribution in [2.75, 3.05) is 9.80 Å². The molecule has 0 fully saturated rings. The molecule has 0 radical (unpaired) electrons. The van der Waals surface area contributed by atoms with Crippen LogP contribution in [0.25, 0.3) is 34.4 Å². The van der Waals surface area contributed by atoms with Crippen LogP contribution in [-0.2, 0) is 10.8 Å². The van der Waals surface area contributed by atoms with E-state index in [-0.39, 0.29) is 10.8 Å². The van der Waals surface area contributed by atoms with E-state index < -0.39 is 0 Å². The minimum absolute atomic E-state index is 0.160. The first-order chi connectivity index (χ1) is 29.8. The minimum atomic E-state index is -0.160. The average molecular weight is 803 g/mol. The van der Waals surface area contributed by atoms with Crippen molar-refractivity contribution in [1.82, 2.24) is 0 Å². The summed E-state index contributed by atoms with van der Waals surface area (Å²) in [6.45, 7) is 18.1. The Morgan fingerprint density at radius 3 is 1.00 bits per heavy atom. The van der Waals surface area contributed by atoms with Crippen LogP contribution in [0.4, 0.5) is 34.1 Å². The van der Waals surface area contributed by atoms with E-state index in [9.17, 15) is 0 Å². The van der Waals surface area contributed by atoms with Crippen molar-refractivity contribution in [1.29, 1.82) is 0 Å². The number of aryl methyl sites for hydroxylation is 4. The minimum Gasteiger partial charge on any atom is -0.310 e. The smallest absolute Gasteiger partial charge is 0.0465 e. The normalized spacial score (nSPS) is 14.0. The van der Waals surface area contributed by atoms with Crippen LogP contribution in [0.1, 0.15) is 83.3 Å². The molecule has 0 heterocycles. The van der Waals surface area contributed by atoms with Crippen LogP contribution in [-0.4, -0.2) is 0 Å². The molecule has 0 N–H and O–H groups in total. The van der Waals surface area contributed by atoms with Gasteiger partial charge in [-0.3, -0.25) is 0 Å². The van der Waals surface area contributed by atoms with E-state index in [1.165, 1.54) is 101 Å². The number of anilines is 6. The van der Waals surface area contributed by atoms with Gasteiger partial charge in [-0.1, -0.05) is 148 Å². The topological polar surface area (TPSA) is 6.48 Å². The van der Waals surface area contributed by atoms with Crippen LogP contribution < -0.4 is 9.80 Å². The van der Waals surface area contributed by atoms with Gasteiger partial charge in [-0.2, -0.15) is 0 Å². The maximum Gasteiger partial charge on any atom is 0.0465 e. The van der Waals surface area contributed by atoms with Gasteiger partial charge in [-0.05, 0) is 167 Å². The molecule has 8 aromatic rings. The second-order valence-electron chi connectivity index (χ2n) is 18.7. The van der Waals surface area contributed by atoms with E-state index in [0.29, 0.717) is 0 Å². The summed E-state index contributed by atoms with van der Waals surface area (Å²) >= 11 is 0. The lowest BCUT2D eigenvalue weighted by molar-refractivity contribution is 0.660. The zero-order chi connectivity index (χ0) is 42.9. The Balaban J connectivity index is 0.943. The fourth-order valence-corrected chi connectivity index (χ4v) is 9.98. The molecule has 10 rings (SSSR count). The number of nitrogens with zero attached hydrogens (tertiary/aromatic N) is 2. The molecule has 0 aliphatic heterocycles. The van der Waals surface area contributed by atoms with Crippen LogP contribution in [0, 0.1) is 27.7 Å². The van der Waals surface area contributed by atoms with E-state index in [0.717, 1.165) is 11.4 Å². The van der Waals surface area contributed by atoms with Gasteiger partial charge in [0.15, 0.2) is 0 Å². The maximum absolute atomic E-state index is 2.42. The fourth-order valence-electron chi connectivity index (χ4n) is 9.98. The Labute approximate surface area is 368 Å². The summed E-state index contributed by atoms with van der Waals surface area (Å²) < 4.78 is 0. The summed E-state index contributed by atoms with van der Waals surface area (Å²) in [4.78, 5) is 4.78. The van der Waals surface area contributed by atoms with E-state index in [4.69, 9.17) is 0 Å². The Hall–Kier alpha value is -6.90. The number of fused-ring (bicyclic) bond motifs is 6. The van der Waals surface area contributed by atoms with Crippen molar-refractivity contribution in [2.24, 2.45) is 0 Å². The van der Waals surface area contributed by atoms with Crippen LogP contribution in [0.3, 0.4) is 0 Å². The lowest BCUT2D eigenvalue weighted by Crippen LogP contribution is -2.17. The first-order valence-electron chi connectivity index (χ1n) is 22.0. The molecule has 2 aliphatic carbocycles. The van der Waals surface area contributed by atoms with Crippen LogP contribution in [0.5, 0.6) is 0 Å². The third-order valence-electron chi connectivity index (χ3n) is 13.5. The van der Waals surface area contributed by atoms with Gasteiger partial charge >= 0.3 is 0 Å². The van der Waals surface area contributed by atoms with Gasteiger partial charge in [0.25, 0.3) is 0 Å². The Kier molecular flexibility index (Phi) is 9.45. The molecule has 0 aromatic heterocycles. The second-order valence-corrected chi connectivity index (χ2v) is 18.7. The second kappa shape index (κ2) is 14.9. The molecule has 0 spiro atoms. The molecule has 8 aromatic carbocycles. The number of hydrogen-bond donors (Lipinski definition) is 0. The van der Waals surface area contributed by atoms with E-state index in [1.807, 2.05) is 0 Å². The SMILES string of the molecule is Cc1ccc(N(c2cccc(C)c2)c2ccc3c(c2)C(C)(C)c2cc(/C=C/c4ccc5c(c4)C(C)(C)c4cc(N(c6ccc(C)cc6)c6cccc(C)c6)ccc4-5)ccc2-3)cc1. The summed E-state index contributed by atoms with van der Waals surface area (Å²) in [6.07, 6.45) is 4.58. The number of rotatable bonds is 8. The predicted molar refractivity (Wildman–Crippen MR) is 265 cm³/mol. The predicted octanol–water partition coefficient (Wildman–Crippen LogP) is 16.6. The molecule has 0 saturated heterocycles. The number of benzene rings is 8. The highest BCUT2D eigenvalue weighted by atomic mass is 15.1. The number of hydrogen-bond acceptors (Lipinski definition) is 2. The van der Waals surface area contributed by atoms with Gasteiger partial charge in [0, 0.05) is 45.0 Å².